The molecule has 0 saturated carbocycles. The first-order valence-corrected chi connectivity index (χ1v) is 4.44. The Morgan fingerprint density at radius 1 is 1.60 bits per heavy atom. The van der Waals surface area contributed by atoms with Crippen LogP contribution in [0.15, 0.2) is 6.20 Å². The lowest BCUT2D eigenvalue weighted by Crippen LogP contribution is -2.27. The molecule has 2 atom stereocenters. The number of hydrogen-bond acceptors (Lipinski definition) is 7. The number of nitrogens with zero attached hydrogens (tertiary/aromatic N) is 2. The van der Waals surface area contributed by atoms with Crippen LogP contribution in [-0.4, -0.2) is 37.3 Å². The SMILES string of the molecule is O=C(O)C(O)C(O)c1ncc([N+](=O)[O-])s1. The van der Waals surface area contributed by atoms with E-state index in [2.05, 4.69) is 4.98 Å². The maximum Gasteiger partial charge on any atom is 0.344 e. The first kappa shape index (κ1) is 11.5. The summed E-state index contributed by atoms with van der Waals surface area (Å²) >= 11 is 0.511. The highest BCUT2D eigenvalue weighted by molar-refractivity contribution is 7.14. The van der Waals surface area contributed by atoms with Crippen molar-refractivity contribution < 1.29 is 25.0 Å². The smallest absolute Gasteiger partial charge is 0.344 e. The Bertz CT molecular complexity index is 391. The van der Waals surface area contributed by atoms with Crippen molar-refractivity contribution in [2.45, 2.75) is 12.2 Å². The van der Waals surface area contributed by atoms with Crippen LogP contribution in [0.25, 0.3) is 0 Å². The molecule has 0 radical (unpaired) electrons. The van der Waals surface area contributed by atoms with E-state index in [9.17, 15) is 20.0 Å². The number of rotatable bonds is 4. The predicted molar refractivity (Wildman–Crippen MR) is 47.4 cm³/mol. The van der Waals surface area contributed by atoms with E-state index in [4.69, 9.17) is 10.2 Å². The standard InChI is InChI=1S/C6H6N2O6S/c9-3(4(10)6(11)12)5-7-1-2(15-5)8(13)14/h1,3-4,9-10H,(H,11,12). The third kappa shape index (κ3) is 2.46. The highest BCUT2D eigenvalue weighted by Crippen LogP contribution is 2.27. The van der Waals surface area contributed by atoms with Gasteiger partial charge in [0, 0.05) is 0 Å². The number of nitro groups is 1. The monoisotopic (exact) mass is 234 g/mol. The van der Waals surface area contributed by atoms with E-state index in [0.717, 1.165) is 6.20 Å². The third-order valence-corrected chi connectivity index (χ3v) is 2.52. The van der Waals surface area contributed by atoms with Crippen molar-refractivity contribution in [1.82, 2.24) is 4.98 Å². The number of carboxylic acid groups (broad SMARTS) is 1. The summed E-state index contributed by atoms with van der Waals surface area (Å²) in [6, 6.07) is 0. The number of aliphatic hydroxyl groups excluding tert-OH is 2. The van der Waals surface area contributed by atoms with Crippen LogP contribution in [0.1, 0.15) is 11.1 Å². The second kappa shape index (κ2) is 4.29. The minimum atomic E-state index is -2.05. The van der Waals surface area contributed by atoms with Crippen LogP contribution in [0.5, 0.6) is 0 Å². The normalized spacial score (nSPS) is 14.5. The fourth-order valence-electron chi connectivity index (χ4n) is 0.770. The van der Waals surface area contributed by atoms with Gasteiger partial charge in [0.2, 0.25) is 0 Å². The molecule has 0 aromatic carbocycles. The molecule has 0 saturated heterocycles. The van der Waals surface area contributed by atoms with E-state index >= 15 is 0 Å². The Morgan fingerprint density at radius 2 is 2.20 bits per heavy atom. The van der Waals surface area contributed by atoms with Gasteiger partial charge in [-0.1, -0.05) is 0 Å². The lowest BCUT2D eigenvalue weighted by atomic mass is 10.2. The van der Waals surface area contributed by atoms with Crippen molar-refractivity contribution in [3.63, 3.8) is 0 Å². The van der Waals surface area contributed by atoms with Gasteiger partial charge in [0.15, 0.2) is 6.10 Å². The molecule has 1 rings (SSSR count). The van der Waals surface area contributed by atoms with Crippen molar-refractivity contribution in [2.75, 3.05) is 0 Å². The van der Waals surface area contributed by atoms with Crippen molar-refractivity contribution >= 4 is 22.3 Å². The Kier molecular flexibility index (Phi) is 3.29. The minimum absolute atomic E-state index is 0.211. The molecule has 0 fully saturated rings. The van der Waals surface area contributed by atoms with Crippen LogP contribution < -0.4 is 0 Å². The summed E-state index contributed by atoms with van der Waals surface area (Å²) in [5.41, 5.74) is 0. The number of aromatic nitrogens is 1. The van der Waals surface area contributed by atoms with E-state index in [1.54, 1.807) is 0 Å². The maximum absolute atomic E-state index is 10.3. The van der Waals surface area contributed by atoms with Crippen molar-refractivity contribution in [1.29, 1.82) is 0 Å². The molecular formula is C6H6N2O6S. The molecule has 0 bridgehead atoms. The van der Waals surface area contributed by atoms with Crippen LogP contribution >= 0.6 is 11.3 Å². The molecule has 82 valence electrons. The Hall–Kier alpha value is -1.58. The van der Waals surface area contributed by atoms with Crippen LogP contribution in [0, 0.1) is 10.1 Å². The minimum Gasteiger partial charge on any atom is -0.479 e. The molecule has 15 heavy (non-hydrogen) atoms. The highest BCUT2D eigenvalue weighted by Gasteiger charge is 2.29. The number of hydrogen-bond donors (Lipinski definition) is 3. The number of carbonyl (C=O) groups is 1. The molecule has 2 unspecified atom stereocenters. The van der Waals surface area contributed by atoms with Gasteiger partial charge in [0.1, 0.15) is 17.3 Å². The van der Waals surface area contributed by atoms with E-state index in [-0.39, 0.29) is 10.0 Å². The third-order valence-electron chi connectivity index (χ3n) is 1.50. The summed E-state index contributed by atoms with van der Waals surface area (Å²) < 4.78 is 0. The Balaban J connectivity index is 2.87. The summed E-state index contributed by atoms with van der Waals surface area (Å²) in [5, 5.41) is 36.3. The fraction of sp³-hybridized carbons (Fsp3) is 0.333. The summed E-state index contributed by atoms with van der Waals surface area (Å²) in [4.78, 5) is 23.3. The molecule has 0 amide bonds. The lowest BCUT2D eigenvalue weighted by molar-refractivity contribution is -0.380. The van der Waals surface area contributed by atoms with E-state index < -0.39 is 23.1 Å². The fourth-order valence-corrected chi connectivity index (χ4v) is 1.52. The summed E-state index contributed by atoms with van der Waals surface area (Å²) in [6.45, 7) is 0. The molecule has 0 aliphatic carbocycles. The van der Waals surface area contributed by atoms with Gasteiger partial charge in [-0.25, -0.2) is 9.78 Å². The van der Waals surface area contributed by atoms with Crippen molar-refractivity contribution in [3.05, 3.63) is 21.3 Å². The molecule has 1 heterocycles. The zero-order valence-corrected chi connectivity index (χ0v) is 7.92. The first-order valence-electron chi connectivity index (χ1n) is 3.62. The van der Waals surface area contributed by atoms with Gasteiger partial charge in [-0.2, -0.15) is 0 Å². The van der Waals surface area contributed by atoms with Gasteiger partial charge in [-0.3, -0.25) is 10.1 Å². The van der Waals surface area contributed by atoms with E-state index in [1.165, 1.54) is 0 Å². The largest absolute Gasteiger partial charge is 0.479 e. The lowest BCUT2D eigenvalue weighted by Gasteiger charge is -2.09. The van der Waals surface area contributed by atoms with Crippen LogP contribution in [0.2, 0.25) is 0 Å². The van der Waals surface area contributed by atoms with E-state index in [1.807, 2.05) is 0 Å². The Labute approximate surface area is 86.6 Å². The number of aliphatic carboxylic acids is 1. The highest BCUT2D eigenvalue weighted by atomic mass is 32.1. The molecule has 0 spiro atoms. The predicted octanol–water partition coefficient (Wildman–Crippen LogP) is -0.470. The van der Waals surface area contributed by atoms with Gasteiger partial charge < -0.3 is 15.3 Å². The van der Waals surface area contributed by atoms with Crippen LogP contribution in [0.4, 0.5) is 5.00 Å². The summed E-state index contributed by atoms with van der Waals surface area (Å²) in [5.74, 6) is -1.62. The number of aliphatic hydroxyl groups is 2. The van der Waals surface area contributed by atoms with Crippen molar-refractivity contribution in [3.8, 4) is 0 Å². The van der Waals surface area contributed by atoms with Crippen LogP contribution in [-0.2, 0) is 4.79 Å². The molecule has 0 aliphatic heterocycles. The van der Waals surface area contributed by atoms with Crippen LogP contribution in [0.3, 0.4) is 0 Å². The number of thiazole rings is 1. The molecule has 1 aromatic heterocycles. The van der Waals surface area contributed by atoms with E-state index in [0.29, 0.717) is 11.3 Å². The first-order chi connectivity index (χ1) is 6.93. The summed E-state index contributed by atoms with van der Waals surface area (Å²) in [7, 11) is 0. The Morgan fingerprint density at radius 3 is 2.60 bits per heavy atom. The second-order valence-electron chi connectivity index (χ2n) is 2.52. The van der Waals surface area contributed by atoms with Gasteiger partial charge in [-0.05, 0) is 11.3 Å². The molecular weight excluding hydrogens is 228 g/mol. The number of carboxylic acids is 1. The topological polar surface area (TPSA) is 134 Å². The molecule has 8 nitrogen and oxygen atoms in total. The van der Waals surface area contributed by atoms with Gasteiger partial charge in [-0.15, -0.1) is 0 Å². The molecule has 1 aromatic rings. The van der Waals surface area contributed by atoms with Gasteiger partial charge >= 0.3 is 11.0 Å². The zero-order chi connectivity index (χ0) is 11.6. The maximum atomic E-state index is 10.3. The zero-order valence-electron chi connectivity index (χ0n) is 7.10. The molecule has 0 aliphatic rings. The quantitative estimate of drug-likeness (QED) is 0.473. The second-order valence-corrected chi connectivity index (χ2v) is 3.56. The van der Waals surface area contributed by atoms with Gasteiger partial charge in [0.05, 0.1) is 4.92 Å². The molecule has 3 N–H and O–H groups in total. The average Bonchev–Trinajstić information content (AvgIpc) is 2.64. The average molecular weight is 234 g/mol. The van der Waals surface area contributed by atoms with Gasteiger partial charge in [0.25, 0.3) is 0 Å². The molecule has 9 heteroatoms. The van der Waals surface area contributed by atoms with Crippen molar-refractivity contribution in [2.24, 2.45) is 0 Å². The summed E-state index contributed by atoms with van der Waals surface area (Å²) in [6.07, 6.45) is -2.92.